The fourth-order valence-corrected chi connectivity index (χ4v) is 4.26. The first kappa shape index (κ1) is 12.8. The zero-order valence-electron chi connectivity index (χ0n) is 8.45. The van der Waals surface area contributed by atoms with Gasteiger partial charge in [-0.15, -0.1) is 11.3 Å². The van der Waals surface area contributed by atoms with Gasteiger partial charge in [0.05, 0.1) is 4.92 Å². The van der Waals surface area contributed by atoms with Crippen LogP contribution in [0.25, 0.3) is 10.1 Å². The van der Waals surface area contributed by atoms with E-state index in [1.165, 1.54) is 18.2 Å². The minimum absolute atomic E-state index is 0.0829. The second-order valence-corrected chi connectivity index (χ2v) is 6.80. The van der Waals surface area contributed by atoms with Crippen LogP contribution >= 0.6 is 22.0 Å². The number of fused-ring (bicyclic) bond motifs is 1. The number of thiophene rings is 1. The largest absolute Gasteiger partial charge is 0.270 e. The smallest absolute Gasteiger partial charge is 0.258 e. The van der Waals surface area contributed by atoms with E-state index in [4.69, 9.17) is 15.9 Å². The molecule has 0 saturated carbocycles. The highest BCUT2D eigenvalue weighted by atomic mass is 35.7. The summed E-state index contributed by atoms with van der Waals surface area (Å²) < 4.78 is 23.1. The molecular weight excluding hydrogens is 300 g/mol. The summed E-state index contributed by atoms with van der Waals surface area (Å²) >= 11 is 0.853. The maximum atomic E-state index is 11.4. The molecular formula is C9H3ClN2O4S2. The summed E-state index contributed by atoms with van der Waals surface area (Å²) in [6, 6.07) is 5.39. The predicted octanol–water partition coefficient (Wildman–Crippen LogP) is 2.61. The Kier molecular flexibility index (Phi) is 2.98. The Balaban J connectivity index is 2.88. The van der Waals surface area contributed by atoms with Gasteiger partial charge >= 0.3 is 0 Å². The average Bonchev–Trinajstić information content (AvgIpc) is 2.65. The van der Waals surface area contributed by atoms with Gasteiger partial charge in [-0.25, -0.2) is 8.42 Å². The zero-order chi connectivity index (χ0) is 13.5. The predicted molar refractivity (Wildman–Crippen MR) is 66.2 cm³/mol. The number of hydrogen-bond donors (Lipinski definition) is 0. The summed E-state index contributed by atoms with van der Waals surface area (Å²) in [5, 5.41) is 19.7. The fourth-order valence-electron chi connectivity index (χ4n) is 1.49. The molecule has 92 valence electrons. The number of nitro groups is 1. The third-order valence-electron chi connectivity index (χ3n) is 2.18. The monoisotopic (exact) mass is 302 g/mol. The standard InChI is InChI=1S/C9H3ClN2O4S2/c10-18(15,16)9-6-2-1-5(12(13)14)3-7(6)17-8(9)4-11/h1-3H. The molecule has 18 heavy (non-hydrogen) atoms. The lowest BCUT2D eigenvalue weighted by Crippen LogP contribution is -1.92. The first-order valence-corrected chi connectivity index (χ1v) is 7.53. The molecule has 0 aliphatic rings. The maximum absolute atomic E-state index is 11.4. The zero-order valence-corrected chi connectivity index (χ0v) is 10.8. The molecule has 0 spiro atoms. The van der Waals surface area contributed by atoms with Crippen molar-refractivity contribution in [2.45, 2.75) is 4.90 Å². The van der Waals surface area contributed by atoms with Gasteiger partial charge in [0.15, 0.2) is 0 Å². The molecule has 0 bridgehead atoms. The average molecular weight is 303 g/mol. The summed E-state index contributed by atoms with van der Waals surface area (Å²) in [4.78, 5) is 9.63. The first-order valence-electron chi connectivity index (χ1n) is 4.40. The van der Waals surface area contributed by atoms with E-state index >= 15 is 0 Å². The number of nitro benzene ring substituents is 1. The van der Waals surface area contributed by atoms with Gasteiger partial charge in [-0.1, -0.05) is 0 Å². The lowest BCUT2D eigenvalue weighted by molar-refractivity contribution is -0.384. The first-order chi connectivity index (χ1) is 8.34. The van der Waals surface area contributed by atoms with Crippen molar-refractivity contribution in [2.24, 2.45) is 0 Å². The van der Waals surface area contributed by atoms with Gasteiger partial charge in [-0.05, 0) is 6.07 Å². The third-order valence-corrected chi connectivity index (χ3v) is 4.75. The summed E-state index contributed by atoms with van der Waals surface area (Å²) in [5.41, 5.74) is -0.174. The van der Waals surface area contributed by atoms with E-state index in [9.17, 15) is 18.5 Å². The molecule has 2 aromatic rings. The summed E-state index contributed by atoms with van der Waals surface area (Å²) in [7, 11) is 1.19. The van der Waals surface area contributed by atoms with Crippen molar-refractivity contribution in [1.29, 1.82) is 5.26 Å². The van der Waals surface area contributed by atoms with E-state index < -0.39 is 14.0 Å². The Morgan fingerprint density at radius 2 is 2.11 bits per heavy atom. The topological polar surface area (TPSA) is 101 Å². The highest BCUT2D eigenvalue weighted by Gasteiger charge is 2.23. The van der Waals surface area contributed by atoms with Crippen LogP contribution in [0.4, 0.5) is 5.69 Å². The Hall–Kier alpha value is -1.69. The van der Waals surface area contributed by atoms with Crippen molar-refractivity contribution >= 4 is 46.8 Å². The molecule has 1 aromatic carbocycles. The quantitative estimate of drug-likeness (QED) is 0.482. The number of rotatable bonds is 2. The number of non-ortho nitro benzene ring substituents is 1. The number of halogens is 1. The lowest BCUT2D eigenvalue weighted by Gasteiger charge is -1.95. The molecule has 0 aliphatic carbocycles. The third kappa shape index (κ3) is 2.03. The van der Waals surface area contributed by atoms with E-state index in [1.807, 2.05) is 0 Å². The molecule has 0 saturated heterocycles. The molecule has 1 heterocycles. The molecule has 1 aromatic heterocycles. The molecule has 0 N–H and O–H groups in total. The van der Waals surface area contributed by atoms with Crippen LogP contribution in [-0.4, -0.2) is 13.3 Å². The van der Waals surface area contributed by atoms with Gasteiger partial charge in [-0.2, -0.15) is 5.26 Å². The Bertz CT molecular complexity index is 804. The molecule has 2 rings (SSSR count). The van der Waals surface area contributed by atoms with Crippen molar-refractivity contribution in [3.8, 4) is 6.07 Å². The van der Waals surface area contributed by atoms with E-state index in [1.54, 1.807) is 6.07 Å². The molecule has 0 amide bonds. The van der Waals surface area contributed by atoms with Gasteiger partial charge in [-0.3, -0.25) is 10.1 Å². The van der Waals surface area contributed by atoms with Crippen LogP contribution in [0.5, 0.6) is 0 Å². The summed E-state index contributed by atoms with van der Waals surface area (Å²) in [6.45, 7) is 0. The normalized spacial score (nSPS) is 11.3. The van der Waals surface area contributed by atoms with Gasteiger partial charge in [0.25, 0.3) is 14.7 Å². The highest BCUT2D eigenvalue weighted by Crippen LogP contribution is 2.37. The summed E-state index contributed by atoms with van der Waals surface area (Å²) in [6.07, 6.45) is 0. The van der Waals surface area contributed by atoms with Crippen LogP contribution in [0, 0.1) is 21.4 Å². The van der Waals surface area contributed by atoms with Gasteiger partial charge in [0.1, 0.15) is 15.8 Å². The van der Waals surface area contributed by atoms with Crippen LogP contribution in [0.3, 0.4) is 0 Å². The van der Waals surface area contributed by atoms with Crippen molar-refractivity contribution in [3.05, 3.63) is 33.2 Å². The van der Waals surface area contributed by atoms with Gasteiger partial charge < -0.3 is 0 Å². The van der Waals surface area contributed by atoms with E-state index in [0.717, 1.165) is 11.3 Å². The summed E-state index contributed by atoms with van der Waals surface area (Å²) in [5.74, 6) is 0. The fraction of sp³-hybridized carbons (Fsp3) is 0. The van der Waals surface area contributed by atoms with Gasteiger partial charge in [0.2, 0.25) is 0 Å². The molecule has 9 heteroatoms. The number of hydrogen-bond acceptors (Lipinski definition) is 6. The van der Waals surface area contributed by atoms with E-state index in [2.05, 4.69) is 0 Å². The van der Waals surface area contributed by atoms with E-state index in [-0.39, 0.29) is 20.8 Å². The van der Waals surface area contributed by atoms with Crippen LogP contribution in [0.2, 0.25) is 0 Å². The molecule has 0 radical (unpaired) electrons. The van der Waals surface area contributed by atoms with Crippen LogP contribution < -0.4 is 0 Å². The van der Waals surface area contributed by atoms with E-state index in [0.29, 0.717) is 4.70 Å². The highest BCUT2D eigenvalue weighted by molar-refractivity contribution is 8.14. The number of benzene rings is 1. The minimum atomic E-state index is -4.07. The van der Waals surface area contributed by atoms with Crippen molar-refractivity contribution in [3.63, 3.8) is 0 Å². The molecule has 0 atom stereocenters. The number of nitriles is 1. The second-order valence-electron chi connectivity index (χ2n) is 3.25. The molecule has 0 unspecified atom stereocenters. The van der Waals surface area contributed by atoms with Crippen molar-refractivity contribution in [1.82, 2.24) is 0 Å². The molecule has 6 nitrogen and oxygen atoms in total. The number of nitrogens with zero attached hydrogens (tertiary/aromatic N) is 2. The molecule has 0 fully saturated rings. The van der Waals surface area contributed by atoms with Crippen molar-refractivity contribution in [2.75, 3.05) is 0 Å². The minimum Gasteiger partial charge on any atom is -0.258 e. The maximum Gasteiger partial charge on any atom is 0.270 e. The van der Waals surface area contributed by atoms with Crippen molar-refractivity contribution < 1.29 is 13.3 Å². The Morgan fingerprint density at radius 3 is 2.61 bits per heavy atom. The van der Waals surface area contributed by atoms with Crippen LogP contribution in [0.1, 0.15) is 4.88 Å². The van der Waals surface area contributed by atoms with Gasteiger partial charge in [0, 0.05) is 32.9 Å². The Labute approximate surface area is 110 Å². The SMILES string of the molecule is N#Cc1sc2cc([N+](=O)[O-])ccc2c1S(=O)(=O)Cl. The van der Waals surface area contributed by atoms with Crippen LogP contribution in [-0.2, 0) is 9.05 Å². The second kappa shape index (κ2) is 4.20. The Morgan fingerprint density at radius 1 is 1.44 bits per heavy atom. The van der Waals surface area contributed by atoms with Crippen LogP contribution in [0.15, 0.2) is 23.1 Å². The molecule has 0 aliphatic heterocycles. The lowest BCUT2D eigenvalue weighted by atomic mass is 10.2.